The first-order chi connectivity index (χ1) is 13.4. The van der Waals surface area contributed by atoms with E-state index in [-0.39, 0.29) is 30.0 Å². The van der Waals surface area contributed by atoms with Crippen LogP contribution in [0.3, 0.4) is 0 Å². The first-order valence-electron chi connectivity index (χ1n) is 9.65. The van der Waals surface area contributed by atoms with Gasteiger partial charge in [0.1, 0.15) is 5.60 Å². The molecule has 1 aromatic rings. The SMILES string of the molecule is CN=C(NCCNC(=O)OC(C)(C)C)NCC(c1cccs1)N1CCOCC1.I. The minimum atomic E-state index is -0.495. The first-order valence-corrected chi connectivity index (χ1v) is 10.5. The van der Waals surface area contributed by atoms with Crippen LogP contribution in [-0.4, -0.2) is 75.5 Å². The van der Waals surface area contributed by atoms with Gasteiger partial charge in [-0.15, -0.1) is 35.3 Å². The molecule has 1 atom stereocenters. The van der Waals surface area contributed by atoms with Crippen molar-refractivity contribution < 1.29 is 14.3 Å². The number of aliphatic imine (C=N–C) groups is 1. The Hall–Kier alpha value is -1.11. The Kier molecular flexibility index (Phi) is 11.8. The van der Waals surface area contributed by atoms with Crippen molar-refractivity contribution in [2.24, 2.45) is 4.99 Å². The maximum Gasteiger partial charge on any atom is 0.407 e. The molecule has 0 aliphatic carbocycles. The fourth-order valence-corrected chi connectivity index (χ4v) is 3.71. The normalized spacial score (nSPS) is 16.5. The van der Waals surface area contributed by atoms with E-state index in [2.05, 4.69) is 43.4 Å². The largest absolute Gasteiger partial charge is 0.444 e. The Labute approximate surface area is 194 Å². The summed E-state index contributed by atoms with van der Waals surface area (Å²) in [4.78, 5) is 19.7. The van der Waals surface area contributed by atoms with E-state index in [0.29, 0.717) is 19.0 Å². The van der Waals surface area contributed by atoms with Crippen LogP contribution in [-0.2, 0) is 9.47 Å². The number of ether oxygens (including phenoxy) is 2. The van der Waals surface area contributed by atoms with Gasteiger partial charge in [0.15, 0.2) is 5.96 Å². The van der Waals surface area contributed by atoms with Gasteiger partial charge in [0.05, 0.1) is 19.3 Å². The summed E-state index contributed by atoms with van der Waals surface area (Å²) in [6, 6.07) is 4.54. The van der Waals surface area contributed by atoms with Crippen molar-refractivity contribution >= 4 is 47.4 Å². The summed E-state index contributed by atoms with van der Waals surface area (Å²) in [6.07, 6.45) is -0.415. The molecule has 1 aliphatic heterocycles. The number of nitrogens with one attached hydrogen (secondary N) is 3. The standard InChI is InChI=1S/C19H33N5O3S.HI/c1-19(2,3)27-18(25)22-8-7-21-17(20-4)23-14-15(16-6-5-13-28-16)24-9-11-26-12-10-24;/h5-6,13,15H,7-12,14H2,1-4H3,(H,22,25)(H2,20,21,23);1H. The highest BCUT2D eigenvalue weighted by molar-refractivity contribution is 14.0. The molecule has 8 nitrogen and oxygen atoms in total. The monoisotopic (exact) mass is 539 g/mol. The van der Waals surface area contributed by atoms with Crippen molar-refractivity contribution in [1.29, 1.82) is 0 Å². The third-order valence-electron chi connectivity index (χ3n) is 4.13. The molecule has 1 aliphatic rings. The molecule has 1 amide bonds. The predicted molar refractivity (Wildman–Crippen MR) is 128 cm³/mol. The summed E-state index contributed by atoms with van der Waals surface area (Å²) < 4.78 is 10.7. The lowest BCUT2D eigenvalue weighted by molar-refractivity contribution is 0.0177. The molecular weight excluding hydrogens is 505 g/mol. The number of carbonyl (C=O) groups is 1. The smallest absolute Gasteiger partial charge is 0.407 e. The number of amides is 1. The van der Waals surface area contributed by atoms with E-state index in [0.717, 1.165) is 32.8 Å². The molecule has 29 heavy (non-hydrogen) atoms. The van der Waals surface area contributed by atoms with Crippen LogP contribution in [0.4, 0.5) is 4.79 Å². The van der Waals surface area contributed by atoms with Crippen molar-refractivity contribution in [2.75, 3.05) is 53.0 Å². The van der Waals surface area contributed by atoms with Gasteiger partial charge in [-0.3, -0.25) is 9.89 Å². The lowest BCUT2D eigenvalue weighted by Gasteiger charge is -2.34. The maximum absolute atomic E-state index is 11.7. The van der Waals surface area contributed by atoms with E-state index < -0.39 is 11.7 Å². The van der Waals surface area contributed by atoms with Crippen LogP contribution in [0, 0.1) is 0 Å². The lowest BCUT2D eigenvalue weighted by Crippen LogP contribution is -2.47. The van der Waals surface area contributed by atoms with Crippen molar-refractivity contribution in [3.05, 3.63) is 22.4 Å². The van der Waals surface area contributed by atoms with Gasteiger partial charge in [-0.1, -0.05) is 6.07 Å². The second-order valence-corrected chi connectivity index (χ2v) is 8.47. The predicted octanol–water partition coefficient (Wildman–Crippen LogP) is 2.43. The van der Waals surface area contributed by atoms with E-state index in [1.807, 2.05) is 20.8 Å². The number of rotatable bonds is 7. The zero-order valence-corrected chi connectivity index (χ0v) is 20.8. The topological polar surface area (TPSA) is 87.2 Å². The van der Waals surface area contributed by atoms with Crippen LogP contribution in [0.2, 0.25) is 0 Å². The summed E-state index contributed by atoms with van der Waals surface area (Å²) in [7, 11) is 1.74. The molecule has 1 saturated heterocycles. The third-order valence-corrected chi connectivity index (χ3v) is 5.10. The summed E-state index contributed by atoms with van der Waals surface area (Å²) in [5, 5.41) is 11.5. The van der Waals surface area contributed by atoms with E-state index >= 15 is 0 Å². The minimum Gasteiger partial charge on any atom is -0.444 e. The van der Waals surface area contributed by atoms with Crippen LogP contribution >= 0.6 is 35.3 Å². The van der Waals surface area contributed by atoms with Gasteiger partial charge < -0.3 is 25.4 Å². The zero-order chi connectivity index (χ0) is 20.4. The number of hydrogen-bond donors (Lipinski definition) is 3. The summed E-state index contributed by atoms with van der Waals surface area (Å²) in [5.74, 6) is 0.709. The number of hydrogen-bond acceptors (Lipinski definition) is 6. The number of halogens is 1. The highest BCUT2D eigenvalue weighted by Gasteiger charge is 2.23. The van der Waals surface area contributed by atoms with E-state index in [1.54, 1.807) is 18.4 Å². The third kappa shape index (κ3) is 9.96. The average molecular weight is 539 g/mol. The van der Waals surface area contributed by atoms with Crippen LogP contribution < -0.4 is 16.0 Å². The Morgan fingerprint density at radius 2 is 1.97 bits per heavy atom. The Balaban J connectivity index is 0.00000420. The Morgan fingerprint density at radius 3 is 2.55 bits per heavy atom. The quantitative estimate of drug-likeness (QED) is 0.214. The lowest BCUT2D eigenvalue weighted by atomic mass is 10.2. The van der Waals surface area contributed by atoms with Gasteiger partial charge >= 0.3 is 6.09 Å². The van der Waals surface area contributed by atoms with E-state index in [4.69, 9.17) is 9.47 Å². The molecule has 0 bridgehead atoms. The molecule has 2 rings (SSSR count). The minimum absolute atomic E-state index is 0. The number of alkyl carbamates (subject to hydrolysis) is 1. The number of thiophene rings is 1. The first kappa shape index (κ1) is 25.9. The Morgan fingerprint density at radius 1 is 1.28 bits per heavy atom. The second-order valence-electron chi connectivity index (χ2n) is 7.49. The van der Waals surface area contributed by atoms with Crippen LogP contribution in [0.5, 0.6) is 0 Å². The van der Waals surface area contributed by atoms with E-state index in [1.165, 1.54) is 4.88 Å². The summed E-state index contributed by atoms with van der Waals surface area (Å²) in [6.45, 7) is 10.7. The second kappa shape index (κ2) is 13.2. The molecule has 1 fully saturated rings. The summed E-state index contributed by atoms with van der Waals surface area (Å²) in [5.41, 5.74) is -0.495. The van der Waals surface area contributed by atoms with Gasteiger partial charge in [-0.2, -0.15) is 0 Å². The van der Waals surface area contributed by atoms with Gasteiger partial charge in [0, 0.05) is 44.6 Å². The zero-order valence-electron chi connectivity index (χ0n) is 17.7. The van der Waals surface area contributed by atoms with Crippen molar-refractivity contribution in [3.8, 4) is 0 Å². The number of morpholine rings is 1. The molecule has 2 heterocycles. The fraction of sp³-hybridized carbons (Fsp3) is 0.684. The molecule has 0 radical (unpaired) electrons. The van der Waals surface area contributed by atoms with Gasteiger partial charge in [0.25, 0.3) is 0 Å². The highest BCUT2D eigenvalue weighted by Crippen LogP contribution is 2.25. The van der Waals surface area contributed by atoms with E-state index in [9.17, 15) is 4.79 Å². The maximum atomic E-state index is 11.7. The van der Waals surface area contributed by atoms with Crippen LogP contribution in [0.25, 0.3) is 0 Å². The molecule has 10 heteroatoms. The van der Waals surface area contributed by atoms with Crippen LogP contribution in [0.1, 0.15) is 31.7 Å². The van der Waals surface area contributed by atoms with Crippen molar-refractivity contribution in [3.63, 3.8) is 0 Å². The molecule has 3 N–H and O–H groups in total. The molecule has 166 valence electrons. The molecule has 0 saturated carbocycles. The molecule has 0 aromatic carbocycles. The Bertz CT molecular complexity index is 616. The molecular formula is C19H34IN5O3S. The molecule has 1 unspecified atom stereocenters. The molecule has 1 aromatic heterocycles. The fourth-order valence-electron chi connectivity index (χ4n) is 2.85. The highest BCUT2D eigenvalue weighted by atomic mass is 127. The summed E-state index contributed by atoms with van der Waals surface area (Å²) >= 11 is 1.77. The number of guanidine groups is 1. The van der Waals surface area contributed by atoms with Gasteiger partial charge in [0.2, 0.25) is 0 Å². The van der Waals surface area contributed by atoms with Gasteiger partial charge in [-0.25, -0.2) is 4.79 Å². The number of carbonyl (C=O) groups excluding carboxylic acids is 1. The average Bonchev–Trinajstić information content (AvgIpc) is 3.17. The van der Waals surface area contributed by atoms with Gasteiger partial charge in [-0.05, 0) is 32.2 Å². The molecule has 0 spiro atoms. The van der Waals surface area contributed by atoms with Crippen molar-refractivity contribution in [1.82, 2.24) is 20.9 Å². The van der Waals surface area contributed by atoms with Crippen molar-refractivity contribution in [2.45, 2.75) is 32.4 Å². The van der Waals surface area contributed by atoms with Crippen LogP contribution in [0.15, 0.2) is 22.5 Å². The number of nitrogens with zero attached hydrogens (tertiary/aromatic N) is 2.